The van der Waals surface area contributed by atoms with Gasteiger partial charge in [0.25, 0.3) is 0 Å². The number of amides is 2. The minimum atomic E-state index is -1.13. The maximum atomic E-state index is 12.5. The van der Waals surface area contributed by atoms with Gasteiger partial charge in [0, 0.05) is 10.2 Å². The molecule has 0 bridgehead atoms. The number of methoxy groups -OCH3 is 1. The molecule has 3 aromatic rings. The van der Waals surface area contributed by atoms with E-state index in [4.69, 9.17) is 18.9 Å². The van der Waals surface area contributed by atoms with Gasteiger partial charge in [0.05, 0.1) is 31.5 Å². The quantitative estimate of drug-likeness (QED) is 0.0555. The van der Waals surface area contributed by atoms with E-state index in [-0.39, 0.29) is 12.2 Å². The predicted octanol–water partition coefficient (Wildman–Crippen LogP) is 5.28. The van der Waals surface area contributed by atoms with Crippen LogP contribution in [0.2, 0.25) is 0 Å². The molecule has 0 aromatic heterocycles. The van der Waals surface area contributed by atoms with Crippen LogP contribution in [0.1, 0.15) is 42.1 Å². The minimum Gasteiger partial charge on any atom is -0.490 e. The number of benzene rings is 3. The summed E-state index contributed by atoms with van der Waals surface area (Å²) in [5.41, 5.74) is 6.74. The van der Waals surface area contributed by atoms with Gasteiger partial charge >= 0.3 is 12.0 Å². The number of hydrazone groups is 1. The van der Waals surface area contributed by atoms with Crippen LogP contribution in [0.3, 0.4) is 0 Å². The van der Waals surface area contributed by atoms with Crippen LogP contribution in [0.15, 0.2) is 94.2 Å². The largest absolute Gasteiger partial charge is 0.490 e. The summed E-state index contributed by atoms with van der Waals surface area (Å²) in [5, 5.41) is 20.0. The summed E-state index contributed by atoms with van der Waals surface area (Å²) in [6.07, 6.45) is 2.89. The Kier molecular flexibility index (Phi) is 12.2. The lowest BCUT2D eigenvalue weighted by Gasteiger charge is -2.28. The van der Waals surface area contributed by atoms with Crippen molar-refractivity contribution in [3.63, 3.8) is 0 Å². The highest BCUT2D eigenvalue weighted by atomic mass is 79.9. The average Bonchev–Trinajstić information content (AvgIpc) is 3.04. The second kappa shape index (κ2) is 16.5. The van der Waals surface area contributed by atoms with Gasteiger partial charge in [-0.1, -0.05) is 40.2 Å². The van der Waals surface area contributed by atoms with Crippen LogP contribution in [-0.4, -0.2) is 49.9 Å². The third kappa shape index (κ3) is 9.11. The molecule has 0 aliphatic carbocycles. The predicted molar refractivity (Wildman–Crippen MR) is 178 cm³/mol. The molecule has 12 heteroatoms. The lowest BCUT2D eigenvalue weighted by atomic mass is 9.95. The van der Waals surface area contributed by atoms with Crippen molar-refractivity contribution >= 4 is 34.1 Å². The first-order valence-corrected chi connectivity index (χ1v) is 15.4. The number of carbonyl (C=O) groups excluding carboxylic acids is 2. The van der Waals surface area contributed by atoms with Crippen LogP contribution in [0, 0.1) is 0 Å². The number of esters is 1. The molecule has 0 unspecified atom stereocenters. The van der Waals surface area contributed by atoms with Gasteiger partial charge in [-0.05, 0) is 85.0 Å². The second-order valence-corrected chi connectivity index (χ2v) is 11.1. The number of halogens is 1. The smallest absolute Gasteiger partial charge is 0.337 e. The van der Waals surface area contributed by atoms with E-state index in [0.29, 0.717) is 42.4 Å². The lowest BCUT2D eigenvalue weighted by molar-refractivity contribution is -0.136. The first-order chi connectivity index (χ1) is 22.2. The molecule has 46 heavy (non-hydrogen) atoms. The molecule has 0 spiro atoms. The summed E-state index contributed by atoms with van der Waals surface area (Å²) in [7, 11) is 1.28. The Hall–Kier alpha value is -4.81. The molecule has 0 saturated heterocycles. The van der Waals surface area contributed by atoms with Crippen molar-refractivity contribution in [2.24, 2.45) is 5.10 Å². The number of hydrogen-bond donors (Lipinski definition) is 4. The summed E-state index contributed by atoms with van der Waals surface area (Å²) in [4.78, 5) is 24.6. The van der Waals surface area contributed by atoms with E-state index in [1.807, 2.05) is 55.5 Å². The van der Waals surface area contributed by atoms with Crippen LogP contribution in [0.25, 0.3) is 0 Å². The van der Waals surface area contributed by atoms with Crippen LogP contribution < -0.4 is 30.3 Å². The van der Waals surface area contributed by atoms with E-state index in [9.17, 15) is 14.7 Å². The average molecular weight is 694 g/mol. The van der Waals surface area contributed by atoms with Crippen molar-refractivity contribution < 1.29 is 33.6 Å². The summed E-state index contributed by atoms with van der Waals surface area (Å²) in [6, 6.07) is 17.5. The van der Waals surface area contributed by atoms with E-state index in [1.165, 1.54) is 7.11 Å². The Morgan fingerprint density at radius 2 is 1.85 bits per heavy atom. The number of hydrogen-bond acceptors (Lipinski definition) is 9. The molecule has 1 aliphatic heterocycles. The molecule has 4 N–H and O–H groups in total. The van der Waals surface area contributed by atoms with Crippen molar-refractivity contribution in [1.29, 1.82) is 0 Å². The third-order valence-corrected chi connectivity index (χ3v) is 7.39. The SMILES string of the molecule is C=CCc1cc(/C=N\N[C@H](O)COc2ccc([C@H]3NC(=O)NC(C)=C3C(=O)OC)cc2OCC)ccc1OCc1ccc(Br)cc1. The molecule has 2 atom stereocenters. The first kappa shape index (κ1) is 34.1. The Labute approximate surface area is 276 Å². The van der Waals surface area contributed by atoms with Gasteiger partial charge in [0.1, 0.15) is 19.0 Å². The molecule has 242 valence electrons. The van der Waals surface area contributed by atoms with E-state index < -0.39 is 24.3 Å². The summed E-state index contributed by atoms with van der Waals surface area (Å²) in [6.45, 7) is 7.93. The number of nitrogens with one attached hydrogen (secondary N) is 3. The minimum absolute atomic E-state index is 0.141. The topological polar surface area (TPSA) is 140 Å². The summed E-state index contributed by atoms with van der Waals surface area (Å²) < 4.78 is 23.6. The Morgan fingerprint density at radius 3 is 2.57 bits per heavy atom. The van der Waals surface area contributed by atoms with Gasteiger partial charge < -0.3 is 34.7 Å². The van der Waals surface area contributed by atoms with E-state index in [1.54, 1.807) is 31.3 Å². The molecule has 1 heterocycles. The Bertz CT molecular complexity index is 1610. The molecular formula is C34H37BrN4O7. The standard InChI is InChI=1S/C34H37BrN4O7/c1-5-7-24-16-23(10-14-27(24)45-19-22-8-12-26(35)13-9-22)18-36-39-30(40)20-46-28-15-11-25(17-29(28)44-6-2)32-31(33(41)43-4)21(3)37-34(42)38-32/h5,8-18,30,32,39-40H,1,6-7,19-20H2,2-4H3,(H2,37,38,42)/b36-18-/t30-,32-/m1/s1. The van der Waals surface area contributed by atoms with E-state index in [0.717, 1.165) is 26.9 Å². The Balaban J connectivity index is 1.37. The fraction of sp³-hybridized carbons (Fsp3) is 0.265. The lowest BCUT2D eigenvalue weighted by Crippen LogP contribution is -2.45. The number of carbonyl (C=O) groups is 2. The van der Waals surface area contributed by atoms with Crippen LogP contribution in [0.5, 0.6) is 17.2 Å². The van der Waals surface area contributed by atoms with Gasteiger partial charge in [-0.15, -0.1) is 6.58 Å². The maximum Gasteiger partial charge on any atom is 0.337 e. The normalized spacial score (nSPS) is 15.1. The highest BCUT2D eigenvalue weighted by Crippen LogP contribution is 2.35. The van der Waals surface area contributed by atoms with Gasteiger partial charge in [0.2, 0.25) is 0 Å². The van der Waals surface area contributed by atoms with Crippen molar-refractivity contribution in [2.45, 2.75) is 39.1 Å². The molecule has 11 nitrogen and oxygen atoms in total. The second-order valence-electron chi connectivity index (χ2n) is 10.2. The van der Waals surface area contributed by atoms with Crippen LogP contribution in [0.4, 0.5) is 4.79 Å². The molecule has 2 amide bonds. The zero-order valence-electron chi connectivity index (χ0n) is 25.8. The van der Waals surface area contributed by atoms with Gasteiger partial charge in [-0.25, -0.2) is 9.59 Å². The number of allylic oxidation sites excluding steroid dienone is 2. The van der Waals surface area contributed by atoms with Crippen molar-refractivity contribution in [3.8, 4) is 17.2 Å². The number of aliphatic hydroxyl groups is 1. The number of rotatable bonds is 15. The Morgan fingerprint density at radius 1 is 1.09 bits per heavy atom. The molecule has 0 radical (unpaired) electrons. The van der Waals surface area contributed by atoms with Crippen molar-refractivity contribution in [3.05, 3.63) is 111 Å². The van der Waals surface area contributed by atoms with E-state index in [2.05, 4.69) is 43.7 Å². The number of ether oxygens (including phenoxy) is 4. The number of nitrogens with zero attached hydrogens (tertiary/aromatic N) is 1. The van der Waals surface area contributed by atoms with Gasteiger partial charge in [-0.3, -0.25) is 5.43 Å². The molecule has 0 fully saturated rings. The summed E-state index contributed by atoms with van der Waals surface area (Å²) >= 11 is 3.44. The molecule has 1 aliphatic rings. The monoisotopic (exact) mass is 692 g/mol. The zero-order valence-corrected chi connectivity index (χ0v) is 27.4. The zero-order chi connectivity index (χ0) is 33.1. The highest BCUT2D eigenvalue weighted by molar-refractivity contribution is 9.10. The first-order valence-electron chi connectivity index (χ1n) is 14.6. The molecule has 4 rings (SSSR count). The molecule has 0 saturated carbocycles. The molecule has 3 aromatic carbocycles. The van der Waals surface area contributed by atoms with Crippen molar-refractivity contribution in [1.82, 2.24) is 16.1 Å². The highest BCUT2D eigenvalue weighted by Gasteiger charge is 2.32. The summed E-state index contributed by atoms with van der Waals surface area (Å²) in [5.74, 6) is 0.931. The third-order valence-electron chi connectivity index (χ3n) is 6.87. The number of aliphatic hydroxyl groups excluding tert-OH is 1. The fourth-order valence-corrected chi connectivity index (χ4v) is 4.96. The molecular weight excluding hydrogens is 656 g/mol. The van der Waals surface area contributed by atoms with Gasteiger partial charge in [0.15, 0.2) is 17.7 Å². The van der Waals surface area contributed by atoms with Crippen LogP contribution >= 0.6 is 15.9 Å². The number of urea groups is 1. The maximum absolute atomic E-state index is 12.5. The van der Waals surface area contributed by atoms with E-state index >= 15 is 0 Å². The fourth-order valence-electron chi connectivity index (χ4n) is 4.70. The van der Waals surface area contributed by atoms with Gasteiger partial charge in [-0.2, -0.15) is 5.10 Å². The van der Waals surface area contributed by atoms with Crippen LogP contribution in [-0.2, 0) is 22.6 Å². The van der Waals surface area contributed by atoms with Crippen molar-refractivity contribution in [2.75, 3.05) is 20.3 Å².